The van der Waals surface area contributed by atoms with Gasteiger partial charge in [0.2, 0.25) is 0 Å². The van der Waals surface area contributed by atoms with Crippen LogP contribution >= 0.6 is 0 Å². The number of amides is 1. The highest BCUT2D eigenvalue weighted by Crippen LogP contribution is 2.28. The Balaban J connectivity index is 1.45. The lowest BCUT2D eigenvalue weighted by atomic mass is 10.0. The van der Waals surface area contributed by atoms with Gasteiger partial charge in [0.15, 0.2) is 0 Å². The number of nitrogens with one attached hydrogen (secondary N) is 1. The summed E-state index contributed by atoms with van der Waals surface area (Å²) in [5.41, 5.74) is 2.67. The first-order valence-electron chi connectivity index (χ1n) is 14.0. The number of fused-ring (bicyclic) bond motifs is 1. The Hall–Kier alpha value is -3.95. The number of carbonyl (C=O) groups excluding carboxylic acids is 2. The van der Waals surface area contributed by atoms with Crippen LogP contribution in [0.4, 0.5) is 5.69 Å². The molecule has 0 bridgehead atoms. The molecule has 1 fully saturated rings. The Kier molecular flexibility index (Phi) is 9.96. The SMILES string of the molecule is CC(=O)Oc1ccc(C(=O)Nc2cc3ccc(OCCCN4CCN(C)CC4)c(C)c3oc2=O)cc1CC=C(C)C. The second-order valence-corrected chi connectivity index (χ2v) is 10.8. The van der Waals surface area contributed by atoms with Gasteiger partial charge in [0.05, 0.1) is 6.61 Å². The van der Waals surface area contributed by atoms with Crippen LogP contribution in [0.25, 0.3) is 11.0 Å². The summed E-state index contributed by atoms with van der Waals surface area (Å²) in [6.07, 6.45) is 3.38. The molecule has 1 N–H and O–H groups in total. The average Bonchev–Trinajstić information content (AvgIpc) is 2.93. The van der Waals surface area contributed by atoms with Gasteiger partial charge < -0.3 is 29.0 Å². The fourth-order valence-electron chi connectivity index (χ4n) is 4.73. The van der Waals surface area contributed by atoms with Crippen molar-refractivity contribution in [1.82, 2.24) is 9.80 Å². The number of ether oxygens (including phenoxy) is 2. The largest absolute Gasteiger partial charge is 0.493 e. The van der Waals surface area contributed by atoms with Gasteiger partial charge in [-0.25, -0.2) is 4.79 Å². The zero-order valence-electron chi connectivity index (χ0n) is 24.5. The second kappa shape index (κ2) is 13.6. The molecule has 0 unspecified atom stereocenters. The van der Waals surface area contributed by atoms with E-state index in [9.17, 15) is 14.4 Å². The van der Waals surface area contributed by atoms with Gasteiger partial charge in [0.1, 0.15) is 22.8 Å². The maximum absolute atomic E-state index is 13.1. The first-order valence-corrected chi connectivity index (χ1v) is 14.0. The molecule has 0 aliphatic carbocycles. The number of rotatable bonds is 10. The van der Waals surface area contributed by atoms with Gasteiger partial charge in [0, 0.05) is 56.2 Å². The summed E-state index contributed by atoms with van der Waals surface area (Å²) in [5, 5.41) is 3.35. The summed E-state index contributed by atoms with van der Waals surface area (Å²) in [7, 11) is 2.15. The minimum atomic E-state index is -0.650. The number of allylic oxidation sites excluding steroid dienone is 2. The summed E-state index contributed by atoms with van der Waals surface area (Å²) in [4.78, 5) is 42.2. The molecule has 2 heterocycles. The fraction of sp³-hybridized carbons (Fsp3) is 0.406. The highest BCUT2D eigenvalue weighted by Gasteiger charge is 2.17. The summed E-state index contributed by atoms with van der Waals surface area (Å²) >= 11 is 0. The van der Waals surface area contributed by atoms with Crippen LogP contribution < -0.4 is 20.4 Å². The number of likely N-dealkylation sites (N-methyl/N-ethyl adjacent to an activating group) is 1. The van der Waals surface area contributed by atoms with E-state index < -0.39 is 17.5 Å². The summed E-state index contributed by atoms with van der Waals surface area (Å²) in [5.74, 6) is 0.155. The monoisotopic (exact) mass is 561 g/mol. The van der Waals surface area contributed by atoms with Crippen LogP contribution in [-0.2, 0) is 11.2 Å². The first-order chi connectivity index (χ1) is 19.6. The van der Waals surface area contributed by atoms with Gasteiger partial charge >= 0.3 is 11.6 Å². The van der Waals surface area contributed by atoms with Crippen molar-refractivity contribution >= 4 is 28.5 Å². The number of esters is 1. The van der Waals surface area contributed by atoms with Crippen LogP contribution in [0.2, 0.25) is 0 Å². The molecular formula is C32H39N3O6. The molecular weight excluding hydrogens is 522 g/mol. The third-order valence-corrected chi connectivity index (χ3v) is 7.13. The number of aryl methyl sites for hydroxylation is 1. The van der Waals surface area contributed by atoms with E-state index in [-0.39, 0.29) is 5.69 Å². The number of anilines is 1. The highest BCUT2D eigenvalue weighted by molar-refractivity contribution is 6.05. The maximum Gasteiger partial charge on any atom is 0.360 e. The predicted molar refractivity (Wildman–Crippen MR) is 160 cm³/mol. The average molecular weight is 562 g/mol. The fourth-order valence-corrected chi connectivity index (χ4v) is 4.73. The van der Waals surface area contributed by atoms with Crippen molar-refractivity contribution in [2.75, 3.05) is 51.7 Å². The number of benzene rings is 2. The molecule has 1 aliphatic heterocycles. The lowest BCUT2D eigenvalue weighted by Gasteiger charge is -2.32. The molecule has 0 saturated carbocycles. The van der Waals surface area contributed by atoms with E-state index in [1.165, 1.54) is 6.92 Å². The van der Waals surface area contributed by atoms with Gasteiger partial charge in [0.25, 0.3) is 5.91 Å². The molecule has 1 saturated heterocycles. The molecule has 41 heavy (non-hydrogen) atoms. The molecule has 2 aromatic carbocycles. The Bertz CT molecular complexity index is 1500. The normalized spacial score (nSPS) is 14.1. The van der Waals surface area contributed by atoms with Crippen molar-refractivity contribution in [3.63, 3.8) is 0 Å². The molecule has 1 amide bonds. The minimum absolute atomic E-state index is 0.0395. The summed E-state index contributed by atoms with van der Waals surface area (Å²) < 4.78 is 17.0. The van der Waals surface area contributed by atoms with Gasteiger partial charge in [-0.3, -0.25) is 9.59 Å². The predicted octanol–water partition coefficient (Wildman–Crippen LogP) is 4.80. The Morgan fingerprint density at radius 3 is 2.46 bits per heavy atom. The van der Waals surface area contributed by atoms with Crippen LogP contribution in [0.15, 0.2) is 57.3 Å². The van der Waals surface area contributed by atoms with E-state index in [0.29, 0.717) is 46.6 Å². The number of carbonyl (C=O) groups is 2. The topological polar surface area (TPSA) is 101 Å². The second-order valence-electron chi connectivity index (χ2n) is 10.8. The molecule has 9 nitrogen and oxygen atoms in total. The van der Waals surface area contributed by atoms with E-state index in [2.05, 4.69) is 22.2 Å². The molecule has 4 rings (SSSR count). The van der Waals surface area contributed by atoms with Crippen molar-refractivity contribution in [3.05, 3.63) is 75.2 Å². The van der Waals surface area contributed by atoms with Crippen LogP contribution in [0.3, 0.4) is 0 Å². The smallest absolute Gasteiger partial charge is 0.360 e. The van der Waals surface area contributed by atoms with Crippen LogP contribution in [0.5, 0.6) is 11.5 Å². The summed E-state index contributed by atoms with van der Waals surface area (Å²) in [6.45, 7) is 13.0. The van der Waals surface area contributed by atoms with Crippen LogP contribution in [0.1, 0.15) is 48.7 Å². The molecule has 0 spiro atoms. The molecule has 1 aromatic heterocycles. The van der Waals surface area contributed by atoms with Gasteiger partial charge in [-0.2, -0.15) is 0 Å². The highest BCUT2D eigenvalue weighted by atomic mass is 16.5. The molecule has 9 heteroatoms. The van der Waals surface area contributed by atoms with Gasteiger partial charge in [-0.05, 0) is 82.6 Å². The molecule has 3 aromatic rings. The van der Waals surface area contributed by atoms with Crippen molar-refractivity contribution in [1.29, 1.82) is 0 Å². The summed E-state index contributed by atoms with van der Waals surface area (Å²) in [6, 6.07) is 10.1. The number of nitrogens with zero attached hydrogens (tertiary/aromatic N) is 2. The lowest BCUT2D eigenvalue weighted by Crippen LogP contribution is -2.44. The maximum atomic E-state index is 13.1. The third kappa shape index (κ3) is 8.05. The first kappa shape index (κ1) is 30.0. The van der Waals surface area contributed by atoms with E-state index in [4.69, 9.17) is 13.9 Å². The number of hydrogen-bond acceptors (Lipinski definition) is 8. The zero-order valence-corrected chi connectivity index (χ0v) is 24.5. The van der Waals surface area contributed by atoms with Crippen molar-refractivity contribution in [2.24, 2.45) is 0 Å². The molecule has 0 atom stereocenters. The van der Waals surface area contributed by atoms with Crippen molar-refractivity contribution in [3.8, 4) is 11.5 Å². The Morgan fingerprint density at radius 2 is 1.76 bits per heavy atom. The number of piperazine rings is 1. The third-order valence-electron chi connectivity index (χ3n) is 7.13. The van der Waals surface area contributed by atoms with E-state index in [1.54, 1.807) is 24.3 Å². The Labute approximate surface area is 240 Å². The van der Waals surface area contributed by atoms with Crippen molar-refractivity contribution in [2.45, 2.75) is 40.5 Å². The lowest BCUT2D eigenvalue weighted by molar-refractivity contribution is -0.131. The number of hydrogen-bond donors (Lipinski definition) is 1. The van der Waals surface area contributed by atoms with Gasteiger partial charge in [-0.15, -0.1) is 0 Å². The van der Waals surface area contributed by atoms with Gasteiger partial charge in [-0.1, -0.05) is 11.6 Å². The Morgan fingerprint density at radius 1 is 1.02 bits per heavy atom. The van der Waals surface area contributed by atoms with Crippen LogP contribution in [0, 0.1) is 6.92 Å². The van der Waals surface area contributed by atoms with Crippen LogP contribution in [-0.4, -0.2) is 68.1 Å². The van der Waals surface area contributed by atoms with E-state index >= 15 is 0 Å². The minimum Gasteiger partial charge on any atom is -0.493 e. The molecule has 218 valence electrons. The van der Waals surface area contributed by atoms with E-state index in [1.807, 2.05) is 39.0 Å². The zero-order chi connectivity index (χ0) is 29.5. The quantitative estimate of drug-likeness (QED) is 0.124. The van der Waals surface area contributed by atoms with E-state index in [0.717, 1.165) is 50.3 Å². The standard InChI is InChI=1S/C32H39N3O6/c1-21(2)7-8-24-19-26(10-12-29(24)40-23(4)36)31(37)33-27-20-25-9-11-28(22(3)30(25)41-32(27)38)39-18-6-13-35-16-14-34(5)15-17-35/h7,9-12,19-20H,6,8,13-18H2,1-5H3,(H,33,37). The molecule has 0 radical (unpaired) electrons. The van der Waals surface area contributed by atoms with Crippen molar-refractivity contribution < 1.29 is 23.5 Å². The molecule has 1 aliphatic rings.